The van der Waals surface area contributed by atoms with Crippen LogP contribution in [0, 0.1) is 0 Å². The first kappa shape index (κ1) is 19.4. The summed E-state index contributed by atoms with van der Waals surface area (Å²) in [7, 11) is 0. The molecule has 1 fully saturated rings. The summed E-state index contributed by atoms with van der Waals surface area (Å²) in [6.07, 6.45) is 3.81. The number of carbonyl (C=O) groups is 1. The van der Waals surface area contributed by atoms with E-state index in [4.69, 9.17) is 9.47 Å². The summed E-state index contributed by atoms with van der Waals surface area (Å²) < 4.78 is 10.6. The van der Waals surface area contributed by atoms with Crippen LogP contribution in [0.5, 0.6) is 0 Å². The molecule has 0 spiro atoms. The van der Waals surface area contributed by atoms with Crippen LogP contribution < -0.4 is 0 Å². The molecule has 0 unspecified atom stereocenters. The van der Waals surface area contributed by atoms with E-state index in [1.807, 2.05) is 6.92 Å². The normalized spacial score (nSPS) is 26.4. The van der Waals surface area contributed by atoms with Gasteiger partial charge in [0.1, 0.15) is 12.7 Å². The van der Waals surface area contributed by atoms with E-state index in [1.54, 1.807) is 4.90 Å². The number of ether oxygens (including phenoxy) is 2. The van der Waals surface area contributed by atoms with Crippen molar-refractivity contribution in [3.8, 4) is 0 Å². The predicted molar refractivity (Wildman–Crippen MR) is 83.6 cm³/mol. The van der Waals surface area contributed by atoms with Crippen LogP contribution in [0.25, 0.3) is 0 Å². The predicted octanol–water partition coefficient (Wildman–Crippen LogP) is 0.944. The Balaban J connectivity index is 2.52. The Kier molecular flexibility index (Phi) is 10.4. The van der Waals surface area contributed by atoms with Crippen molar-refractivity contribution in [1.29, 1.82) is 0 Å². The van der Waals surface area contributed by atoms with E-state index in [0.717, 1.165) is 32.1 Å². The number of carbonyl (C=O) groups excluding carboxylic acids is 1. The number of aliphatic hydroxyl groups excluding tert-OH is 2. The third-order valence-electron chi connectivity index (χ3n) is 3.93. The van der Waals surface area contributed by atoms with Gasteiger partial charge >= 0.3 is 0 Å². The Labute approximate surface area is 133 Å². The van der Waals surface area contributed by atoms with Gasteiger partial charge in [-0.1, -0.05) is 19.3 Å². The summed E-state index contributed by atoms with van der Waals surface area (Å²) in [4.78, 5) is 13.9. The molecule has 130 valence electrons. The average Bonchev–Trinajstić information content (AvgIpc) is 2.52. The Morgan fingerprint density at radius 3 is 2.64 bits per heavy atom. The second-order valence-electron chi connectivity index (χ2n) is 5.78. The second kappa shape index (κ2) is 11.8. The monoisotopic (exact) mass is 317 g/mol. The summed E-state index contributed by atoms with van der Waals surface area (Å²) >= 11 is 0. The third kappa shape index (κ3) is 8.08. The fourth-order valence-corrected chi connectivity index (χ4v) is 2.47. The third-order valence-corrected chi connectivity index (χ3v) is 3.93. The first-order chi connectivity index (χ1) is 10.6. The fraction of sp³-hybridized carbons (Fsp3) is 0.938. The number of hydrogen-bond donors (Lipinski definition) is 2. The molecule has 0 radical (unpaired) electrons. The van der Waals surface area contributed by atoms with Gasteiger partial charge in [-0.2, -0.15) is 0 Å². The van der Waals surface area contributed by atoms with Crippen molar-refractivity contribution in [2.75, 3.05) is 39.5 Å². The summed E-state index contributed by atoms with van der Waals surface area (Å²) in [5.41, 5.74) is 0. The van der Waals surface area contributed by atoms with Crippen molar-refractivity contribution in [3.63, 3.8) is 0 Å². The smallest absolute Gasteiger partial charge is 0.248 e. The van der Waals surface area contributed by atoms with Gasteiger partial charge in [0.05, 0.1) is 12.7 Å². The maximum absolute atomic E-state index is 12.1. The van der Waals surface area contributed by atoms with Crippen LogP contribution in [0.3, 0.4) is 0 Å². The summed E-state index contributed by atoms with van der Waals surface area (Å²) in [5, 5.41) is 19.8. The first-order valence-electron chi connectivity index (χ1n) is 8.44. The molecule has 6 heteroatoms. The van der Waals surface area contributed by atoms with Gasteiger partial charge in [-0.3, -0.25) is 4.79 Å². The average molecular weight is 317 g/mol. The van der Waals surface area contributed by atoms with E-state index in [2.05, 4.69) is 0 Å². The SMILES string of the molecule is CCOCC(=O)N1CCCCCCCOC[C@@H](O)[C@@H](O)CC1. The molecule has 0 aromatic rings. The zero-order chi connectivity index (χ0) is 16.2. The molecule has 22 heavy (non-hydrogen) atoms. The lowest BCUT2D eigenvalue weighted by atomic mass is 10.1. The Bertz CT molecular complexity index is 300. The molecule has 1 heterocycles. The van der Waals surface area contributed by atoms with E-state index in [0.29, 0.717) is 32.7 Å². The number of hydrogen-bond acceptors (Lipinski definition) is 5. The molecule has 2 N–H and O–H groups in total. The van der Waals surface area contributed by atoms with Gasteiger partial charge in [-0.15, -0.1) is 0 Å². The van der Waals surface area contributed by atoms with Crippen LogP contribution in [-0.2, 0) is 14.3 Å². The van der Waals surface area contributed by atoms with Gasteiger partial charge in [-0.05, 0) is 26.2 Å². The number of amides is 1. The minimum absolute atomic E-state index is 0.0492. The molecule has 0 aromatic heterocycles. The number of rotatable bonds is 3. The van der Waals surface area contributed by atoms with Gasteiger partial charge in [0.15, 0.2) is 0 Å². The minimum atomic E-state index is -0.896. The van der Waals surface area contributed by atoms with Crippen LogP contribution in [-0.4, -0.2) is 72.7 Å². The van der Waals surface area contributed by atoms with E-state index >= 15 is 0 Å². The molecule has 1 rings (SSSR count). The van der Waals surface area contributed by atoms with Crippen molar-refractivity contribution < 1.29 is 24.5 Å². The molecule has 1 amide bonds. The molecular formula is C16H31NO5. The first-order valence-corrected chi connectivity index (χ1v) is 8.44. The minimum Gasteiger partial charge on any atom is -0.390 e. The van der Waals surface area contributed by atoms with Gasteiger partial charge in [0.2, 0.25) is 5.91 Å². The van der Waals surface area contributed by atoms with Crippen LogP contribution >= 0.6 is 0 Å². The van der Waals surface area contributed by atoms with Crippen molar-refractivity contribution in [3.05, 3.63) is 0 Å². The van der Waals surface area contributed by atoms with Crippen LogP contribution in [0.2, 0.25) is 0 Å². The summed E-state index contributed by atoms with van der Waals surface area (Å²) in [5.74, 6) is -0.0492. The van der Waals surface area contributed by atoms with Gasteiger partial charge in [0.25, 0.3) is 0 Å². The van der Waals surface area contributed by atoms with Gasteiger partial charge < -0.3 is 24.6 Å². The highest BCUT2D eigenvalue weighted by molar-refractivity contribution is 5.77. The molecule has 0 aromatic carbocycles. The van der Waals surface area contributed by atoms with Crippen LogP contribution in [0.4, 0.5) is 0 Å². The highest BCUT2D eigenvalue weighted by atomic mass is 16.5. The largest absolute Gasteiger partial charge is 0.390 e. The number of aliphatic hydroxyl groups is 2. The molecule has 0 saturated carbocycles. The maximum Gasteiger partial charge on any atom is 0.248 e. The molecule has 6 nitrogen and oxygen atoms in total. The fourth-order valence-electron chi connectivity index (χ4n) is 2.47. The Morgan fingerprint density at radius 1 is 1.14 bits per heavy atom. The molecule has 1 aliphatic rings. The summed E-state index contributed by atoms with van der Waals surface area (Å²) in [6, 6.07) is 0. The zero-order valence-corrected chi connectivity index (χ0v) is 13.7. The topological polar surface area (TPSA) is 79.2 Å². The Morgan fingerprint density at radius 2 is 1.86 bits per heavy atom. The summed E-state index contributed by atoms with van der Waals surface area (Å²) in [6.45, 7) is 4.35. The van der Waals surface area contributed by atoms with E-state index in [9.17, 15) is 15.0 Å². The molecule has 2 atom stereocenters. The van der Waals surface area contributed by atoms with E-state index < -0.39 is 12.2 Å². The molecule has 1 saturated heterocycles. The second-order valence-corrected chi connectivity index (χ2v) is 5.78. The highest BCUT2D eigenvalue weighted by Crippen LogP contribution is 2.09. The number of nitrogens with zero attached hydrogens (tertiary/aromatic N) is 1. The molecule has 1 aliphatic heterocycles. The lowest BCUT2D eigenvalue weighted by Gasteiger charge is -2.26. The van der Waals surface area contributed by atoms with Crippen molar-refractivity contribution >= 4 is 5.91 Å². The van der Waals surface area contributed by atoms with Gasteiger partial charge in [-0.25, -0.2) is 0 Å². The molecule has 0 aliphatic carbocycles. The van der Waals surface area contributed by atoms with Crippen LogP contribution in [0.1, 0.15) is 45.4 Å². The highest BCUT2D eigenvalue weighted by Gasteiger charge is 2.20. The quantitative estimate of drug-likeness (QED) is 0.810. The lowest BCUT2D eigenvalue weighted by Crippen LogP contribution is -2.39. The Hall–Kier alpha value is -0.690. The van der Waals surface area contributed by atoms with E-state index in [1.165, 1.54) is 0 Å². The maximum atomic E-state index is 12.1. The van der Waals surface area contributed by atoms with Gasteiger partial charge in [0, 0.05) is 26.3 Å². The van der Waals surface area contributed by atoms with Crippen molar-refractivity contribution in [2.45, 2.75) is 57.7 Å². The zero-order valence-electron chi connectivity index (χ0n) is 13.7. The molecular weight excluding hydrogens is 286 g/mol. The van der Waals surface area contributed by atoms with Crippen LogP contribution in [0.15, 0.2) is 0 Å². The molecule has 0 bridgehead atoms. The van der Waals surface area contributed by atoms with Crippen molar-refractivity contribution in [1.82, 2.24) is 4.90 Å². The van der Waals surface area contributed by atoms with Crippen molar-refractivity contribution in [2.24, 2.45) is 0 Å². The lowest BCUT2D eigenvalue weighted by molar-refractivity contribution is -0.136. The van der Waals surface area contributed by atoms with E-state index in [-0.39, 0.29) is 19.1 Å². The standard InChI is InChI=1S/C16H31NO5/c1-2-21-13-16(20)17-9-6-4-3-5-7-11-22-12-15(19)14(18)8-10-17/h14-15,18-19H,2-13H2,1H3/t14-,15+/m0/s1.